The van der Waals surface area contributed by atoms with Gasteiger partial charge in [-0.25, -0.2) is 0 Å². The molecule has 0 aliphatic rings. The van der Waals surface area contributed by atoms with Gasteiger partial charge in [-0.15, -0.1) is 0 Å². The number of aromatic nitrogens is 2. The van der Waals surface area contributed by atoms with Gasteiger partial charge in [0, 0.05) is 25.2 Å². The van der Waals surface area contributed by atoms with Crippen molar-refractivity contribution in [1.29, 1.82) is 0 Å². The molecule has 0 aromatic carbocycles. The third-order valence-electron chi connectivity index (χ3n) is 2.29. The Morgan fingerprint density at radius 3 is 2.81 bits per heavy atom. The molecule has 0 aliphatic heterocycles. The molecule has 0 amide bonds. The minimum atomic E-state index is 0.800. The van der Waals surface area contributed by atoms with E-state index >= 15 is 0 Å². The lowest BCUT2D eigenvalue weighted by atomic mass is 10.2. The largest absolute Gasteiger partial charge is 0.361 e. The topological polar surface area (TPSA) is 42.2 Å². The van der Waals surface area contributed by atoms with Gasteiger partial charge in [-0.2, -0.15) is 0 Å². The van der Waals surface area contributed by atoms with E-state index in [0.29, 0.717) is 0 Å². The van der Waals surface area contributed by atoms with Crippen LogP contribution in [0.2, 0.25) is 0 Å². The first-order valence-corrected chi connectivity index (χ1v) is 5.27. The van der Waals surface area contributed by atoms with Gasteiger partial charge in [-0.3, -0.25) is 4.98 Å². The maximum absolute atomic E-state index is 5.25. The van der Waals surface area contributed by atoms with Gasteiger partial charge in [0.15, 0.2) is 0 Å². The molecule has 0 radical (unpaired) electrons. The lowest BCUT2D eigenvalue weighted by Gasteiger charge is -2.05. The van der Waals surface area contributed by atoms with Crippen LogP contribution >= 0.6 is 0 Å². The minimum absolute atomic E-state index is 0.800. The van der Waals surface area contributed by atoms with Crippen LogP contribution in [0.4, 0.5) is 0 Å². The van der Waals surface area contributed by atoms with Crippen LogP contribution in [0.25, 0.3) is 11.4 Å². The molecule has 0 fully saturated rings. The molecular formula is C12H15N3O. The highest BCUT2D eigenvalue weighted by molar-refractivity contribution is 5.52. The van der Waals surface area contributed by atoms with Crippen molar-refractivity contribution in [3.63, 3.8) is 0 Å². The number of hydrogen-bond acceptors (Lipinski definition) is 4. The molecular weight excluding hydrogens is 202 g/mol. The molecule has 4 heteroatoms. The average molecular weight is 217 g/mol. The van der Waals surface area contributed by atoms with E-state index in [9.17, 15) is 0 Å². The van der Waals surface area contributed by atoms with Crippen molar-refractivity contribution in [3.8, 4) is 11.4 Å². The number of pyridine rings is 1. The van der Waals surface area contributed by atoms with E-state index in [1.54, 1.807) is 6.20 Å². The van der Waals surface area contributed by atoms with Gasteiger partial charge in [0.1, 0.15) is 11.5 Å². The molecule has 0 saturated heterocycles. The van der Waals surface area contributed by atoms with Crippen LogP contribution in [0.15, 0.2) is 35.0 Å². The van der Waals surface area contributed by atoms with E-state index in [1.165, 1.54) is 0 Å². The fraction of sp³-hybridized carbons (Fsp3) is 0.333. The predicted octanol–water partition coefficient (Wildman–Crippen LogP) is 1.84. The van der Waals surface area contributed by atoms with Gasteiger partial charge in [-0.05, 0) is 26.2 Å². The summed E-state index contributed by atoms with van der Waals surface area (Å²) in [4.78, 5) is 6.34. The molecule has 4 nitrogen and oxygen atoms in total. The van der Waals surface area contributed by atoms with Crippen molar-refractivity contribution in [2.75, 3.05) is 20.6 Å². The van der Waals surface area contributed by atoms with Crippen molar-refractivity contribution >= 4 is 0 Å². The summed E-state index contributed by atoms with van der Waals surface area (Å²) in [6.45, 7) is 0.955. The van der Waals surface area contributed by atoms with Crippen LogP contribution in [0, 0.1) is 0 Å². The number of nitrogens with zero attached hydrogens (tertiary/aromatic N) is 3. The maximum Gasteiger partial charge on any atom is 0.138 e. The van der Waals surface area contributed by atoms with Crippen LogP contribution in [-0.4, -0.2) is 35.7 Å². The molecule has 84 valence electrons. The van der Waals surface area contributed by atoms with Crippen LogP contribution < -0.4 is 0 Å². The SMILES string of the molecule is CN(C)CCc1cc(-c2ccccn2)no1. The van der Waals surface area contributed by atoms with Crippen LogP contribution in [-0.2, 0) is 6.42 Å². The fourth-order valence-electron chi connectivity index (χ4n) is 1.40. The first-order valence-electron chi connectivity index (χ1n) is 5.27. The highest BCUT2D eigenvalue weighted by atomic mass is 16.5. The van der Waals surface area contributed by atoms with E-state index in [-0.39, 0.29) is 0 Å². The molecule has 16 heavy (non-hydrogen) atoms. The maximum atomic E-state index is 5.25. The molecule has 0 atom stereocenters. The highest BCUT2D eigenvalue weighted by Crippen LogP contribution is 2.16. The molecule has 0 bridgehead atoms. The van der Waals surface area contributed by atoms with Gasteiger partial charge in [0.05, 0.1) is 5.69 Å². The second-order valence-electron chi connectivity index (χ2n) is 3.95. The zero-order valence-electron chi connectivity index (χ0n) is 9.55. The number of likely N-dealkylation sites (N-methyl/N-ethyl adjacent to an activating group) is 1. The van der Waals surface area contributed by atoms with Crippen molar-refractivity contribution in [2.45, 2.75) is 6.42 Å². The summed E-state index contributed by atoms with van der Waals surface area (Å²) in [6.07, 6.45) is 2.62. The molecule has 2 rings (SSSR count). The minimum Gasteiger partial charge on any atom is -0.361 e. The number of rotatable bonds is 4. The molecule has 2 heterocycles. The predicted molar refractivity (Wildman–Crippen MR) is 62.0 cm³/mol. The van der Waals surface area contributed by atoms with Gasteiger partial charge in [-0.1, -0.05) is 11.2 Å². The Morgan fingerprint density at radius 2 is 2.12 bits per heavy atom. The van der Waals surface area contributed by atoms with Crippen molar-refractivity contribution in [2.24, 2.45) is 0 Å². The summed E-state index contributed by atoms with van der Waals surface area (Å²) in [5.74, 6) is 0.898. The molecule has 0 saturated carbocycles. The third kappa shape index (κ3) is 2.67. The zero-order chi connectivity index (χ0) is 11.4. The monoisotopic (exact) mass is 217 g/mol. The Hall–Kier alpha value is -1.68. The van der Waals surface area contributed by atoms with Gasteiger partial charge >= 0.3 is 0 Å². The first kappa shape index (κ1) is 10.8. The molecule has 2 aromatic heterocycles. The number of hydrogen-bond donors (Lipinski definition) is 0. The summed E-state index contributed by atoms with van der Waals surface area (Å²) in [7, 11) is 4.08. The molecule has 0 aliphatic carbocycles. The zero-order valence-corrected chi connectivity index (χ0v) is 9.55. The summed E-state index contributed by atoms with van der Waals surface area (Å²) >= 11 is 0. The molecule has 0 N–H and O–H groups in total. The Labute approximate surface area is 94.9 Å². The van der Waals surface area contributed by atoms with Crippen LogP contribution in [0.5, 0.6) is 0 Å². The third-order valence-corrected chi connectivity index (χ3v) is 2.29. The first-order chi connectivity index (χ1) is 7.75. The average Bonchev–Trinajstić information content (AvgIpc) is 2.76. The van der Waals surface area contributed by atoms with E-state index in [2.05, 4.69) is 15.0 Å². The normalized spacial score (nSPS) is 10.9. The summed E-state index contributed by atoms with van der Waals surface area (Å²) in [6, 6.07) is 7.70. The second kappa shape index (κ2) is 4.90. The van der Waals surface area contributed by atoms with Crippen molar-refractivity contribution in [1.82, 2.24) is 15.0 Å². The summed E-state index contributed by atoms with van der Waals surface area (Å²) in [5.41, 5.74) is 1.65. The fourth-order valence-corrected chi connectivity index (χ4v) is 1.40. The van der Waals surface area contributed by atoms with Crippen LogP contribution in [0.1, 0.15) is 5.76 Å². The molecule has 0 unspecified atom stereocenters. The van der Waals surface area contributed by atoms with E-state index in [1.807, 2.05) is 38.4 Å². The van der Waals surface area contributed by atoms with Gasteiger partial charge < -0.3 is 9.42 Å². The van der Waals surface area contributed by atoms with Crippen molar-refractivity contribution in [3.05, 3.63) is 36.2 Å². The van der Waals surface area contributed by atoms with Gasteiger partial charge in [0.2, 0.25) is 0 Å². The van der Waals surface area contributed by atoms with E-state index in [0.717, 1.165) is 30.1 Å². The Kier molecular flexibility index (Phi) is 3.31. The Morgan fingerprint density at radius 1 is 1.25 bits per heavy atom. The van der Waals surface area contributed by atoms with Crippen LogP contribution in [0.3, 0.4) is 0 Å². The smallest absolute Gasteiger partial charge is 0.138 e. The molecule has 0 spiro atoms. The molecule has 2 aromatic rings. The summed E-state index contributed by atoms with van der Waals surface area (Å²) in [5, 5.41) is 4.01. The Balaban J connectivity index is 2.08. The quantitative estimate of drug-likeness (QED) is 0.783. The Bertz CT molecular complexity index is 437. The lowest BCUT2D eigenvalue weighted by Crippen LogP contribution is -2.14. The van der Waals surface area contributed by atoms with E-state index < -0.39 is 0 Å². The van der Waals surface area contributed by atoms with Crippen molar-refractivity contribution < 1.29 is 4.52 Å². The summed E-state index contributed by atoms with van der Waals surface area (Å²) < 4.78 is 5.25. The van der Waals surface area contributed by atoms with E-state index in [4.69, 9.17) is 4.52 Å². The highest BCUT2D eigenvalue weighted by Gasteiger charge is 2.07. The van der Waals surface area contributed by atoms with Gasteiger partial charge in [0.25, 0.3) is 0 Å². The standard InChI is InChI=1S/C12H15N3O/c1-15(2)8-6-10-9-12(14-16-10)11-5-3-4-7-13-11/h3-5,7,9H,6,8H2,1-2H3. The second-order valence-corrected chi connectivity index (χ2v) is 3.95. The lowest BCUT2D eigenvalue weighted by molar-refractivity contribution is 0.350.